The van der Waals surface area contributed by atoms with Crippen LogP contribution in [0.1, 0.15) is 43.2 Å². The van der Waals surface area contributed by atoms with Crippen LogP contribution < -0.4 is 15.4 Å². The molecule has 1 fully saturated rings. The fraction of sp³-hybridized carbons (Fsp3) is 0.435. The number of nitrogens with one attached hydrogen (secondary N) is 2. The van der Waals surface area contributed by atoms with E-state index in [1.165, 1.54) is 12.8 Å². The van der Waals surface area contributed by atoms with E-state index in [4.69, 9.17) is 4.74 Å². The number of nitrogens with zero attached hydrogens (tertiary/aromatic N) is 2. The van der Waals surface area contributed by atoms with Gasteiger partial charge in [0.15, 0.2) is 0 Å². The highest BCUT2D eigenvalue weighted by molar-refractivity contribution is 5.78. The fourth-order valence-corrected chi connectivity index (χ4v) is 3.44. The molecule has 1 heterocycles. The van der Waals surface area contributed by atoms with Crippen LogP contribution in [0.5, 0.6) is 5.88 Å². The summed E-state index contributed by atoms with van der Waals surface area (Å²) in [7, 11) is 1.73. The van der Waals surface area contributed by atoms with Gasteiger partial charge in [-0.1, -0.05) is 30.3 Å². The number of ether oxygens (including phenoxy) is 1. The van der Waals surface area contributed by atoms with E-state index in [0.29, 0.717) is 19.0 Å². The number of carbonyl (C=O) groups excluding carboxylic acids is 2. The summed E-state index contributed by atoms with van der Waals surface area (Å²) in [4.78, 5) is 30.1. The molecule has 1 aliphatic rings. The minimum absolute atomic E-state index is 0.115. The lowest BCUT2D eigenvalue weighted by atomic mass is 10.2. The van der Waals surface area contributed by atoms with E-state index < -0.39 is 0 Å². The Bertz CT molecular complexity index is 822. The van der Waals surface area contributed by atoms with Crippen molar-refractivity contribution in [3.63, 3.8) is 0 Å². The van der Waals surface area contributed by atoms with E-state index in [9.17, 15) is 9.59 Å². The number of hydrogen-bond donors (Lipinski definition) is 2. The van der Waals surface area contributed by atoms with Gasteiger partial charge in [0.1, 0.15) is 6.10 Å². The normalized spacial score (nSPS) is 13.6. The quantitative estimate of drug-likeness (QED) is 0.665. The molecular formula is C23H30N4O3. The number of pyridine rings is 1. The largest absolute Gasteiger partial charge is 0.474 e. The third-order valence-corrected chi connectivity index (χ3v) is 5.12. The van der Waals surface area contributed by atoms with Gasteiger partial charge in [0, 0.05) is 45.4 Å². The summed E-state index contributed by atoms with van der Waals surface area (Å²) in [6.45, 7) is 1.21. The molecule has 3 amide bonds. The van der Waals surface area contributed by atoms with Crippen LogP contribution in [-0.4, -0.2) is 41.5 Å². The number of hydrogen-bond acceptors (Lipinski definition) is 4. The van der Waals surface area contributed by atoms with Crippen LogP contribution in [0.3, 0.4) is 0 Å². The first-order valence-corrected chi connectivity index (χ1v) is 10.5. The standard InChI is InChI=1S/C23H30N4O3/c1-27(17-18-7-3-2-4-8-18)23(29)25-14-12-21(28)26-16-19-11-13-24-22(15-19)30-20-9-5-6-10-20/h2-4,7-8,11,13,15,20H,5-6,9-10,12,14,16-17H2,1H3,(H,25,29)(H,26,28). The number of carbonyl (C=O) groups is 2. The lowest BCUT2D eigenvalue weighted by Gasteiger charge is -2.18. The summed E-state index contributed by atoms with van der Waals surface area (Å²) in [6.07, 6.45) is 6.75. The number of amides is 3. The molecule has 7 heteroatoms. The van der Waals surface area contributed by atoms with Crippen LogP contribution in [0.4, 0.5) is 4.79 Å². The topological polar surface area (TPSA) is 83.6 Å². The van der Waals surface area contributed by atoms with Gasteiger partial charge in [-0.3, -0.25) is 4.79 Å². The van der Waals surface area contributed by atoms with Crippen molar-refractivity contribution in [2.75, 3.05) is 13.6 Å². The lowest BCUT2D eigenvalue weighted by Crippen LogP contribution is -2.38. The molecule has 2 N–H and O–H groups in total. The maximum absolute atomic E-state index is 12.1. The molecule has 3 rings (SSSR count). The molecule has 0 atom stereocenters. The summed E-state index contributed by atoms with van der Waals surface area (Å²) in [5.74, 6) is 0.499. The van der Waals surface area contributed by atoms with Gasteiger partial charge < -0.3 is 20.3 Å². The Morgan fingerprint density at radius 3 is 2.63 bits per heavy atom. The molecule has 1 saturated carbocycles. The molecular weight excluding hydrogens is 380 g/mol. The second-order valence-corrected chi connectivity index (χ2v) is 7.63. The van der Waals surface area contributed by atoms with Crippen molar-refractivity contribution >= 4 is 11.9 Å². The predicted molar refractivity (Wildman–Crippen MR) is 115 cm³/mol. The van der Waals surface area contributed by atoms with E-state index in [0.717, 1.165) is 24.0 Å². The van der Waals surface area contributed by atoms with Gasteiger partial charge in [0.2, 0.25) is 11.8 Å². The van der Waals surface area contributed by atoms with Crippen LogP contribution in [0, 0.1) is 0 Å². The Morgan fingerprint density at radius 2 is 1.87 bits per heavy atom. The zero-order valence-electron chi connectivity index (χ0n) is 17.5. The highest BCUT2D eigenvalue weighted by atomic mass is 16.5. The summed E-state index contributed by atoms with van der Waals surface area (Å²) < 4.78 is 5.90. The molecule has 0 spiro atoms. The van der Waals surface area contributed by atoms with Crippen molar-refractivity contribution in [1.82, 2.24) is 20.5 Å². The zero-order chi connectivity index (χ0) is 21.2. The second-order valence-electron chi connectivity index (χ2n) is 7.63. The minimum atomic E-state index is -0.200. The number of rotatable bonds is 9. The highest BCUT2D eigenvalue weighted by Crippen LogP contribution is 2.23. The van der Waals surface area contributed by atoms with Crippen LogP contribution in [0.15, 0.2) is 48.7 Å². The molecule has 2 aromatic rings. The van der Waals surface area contributed by atoms with E-state index in [2.05, 4.69) is 15.6 Å². The molecule has 1 aromatic carbocycles. The molecule has 0 bridgehead atoms. The van der Waals surface area contributed by atoms with E-state index >= 15 is 0 Å². The van der Waals surface area contributed by atoms with Gasteiger partial charge in [0.25, 0.3) is 0 Å². The van der Waals surface area contributed by atoms with Gasteiger partial charge in [0.05, 0.1) is 0 Å². The van der Waals surface area contributed by atoms with E-state index in [1.54, 1.807) is 18.1 Å². The Kier molecular flexibility index (Phi) is 8.06. The molecule has 0 aliphatic heterocycles. The molecule has 0 saturated heterocycles. The minimum Gasteiger partial charge on any atom is -0.474 e. The van der Waals surface area contributed by atoms with Gasteiger partial charge in [-0.05, 0) is 42.9 Å². The summed E-state index contributed by atoms with van der Waals surface area (Å²) in [5.41, 5.74) is 2.00. The van der Waals surface area contributed by atoms with Crippen LogP contribution in [0.2, 0.25) is 0 Å². The Balaban J connectivity index is 1.34. The third-order valence-electron chi connectivity index (χ3n) is 5.12. The molecule has 0 radical (unpaired) electrons. The molecule has 1 aromatic heterocycles. The molecule has 30 heavy (non-hydrogen) atoms. The van der Waals surface area contributed by atoms with Gasteiger partial charge in [-0.2, -0.15) is 0 Å². The van der Waals surface area contributed by atoms with Gasteiger partial charge >= 0.3 is 6.03 Å². The molecule has 0 unspecified atom stereocenters. The van der Waals surface area contributed by atoms with E-state index in [-0.39, 0.29) is 31.0 Å². The number of aromatic nitrogens is 1. The lowest BCUT2D eigenvalue weighted by molar-refractivity contribution is -0.121. The molecule has 160 valence electrons. The van der Waals surface area contributed by atoms with Crippen molar-refractivity contribution in [3.05, 3.63) is 59.8 Å². The zero-order valence-corrected chi connectivity index (χ0v) is 17.5. The van der Waals surface area contributed by atoms with Gasteiger partial charge in [-0.25, -0.2) is 9.78 Å². The third kappa shape index (κ3) is 7.06. The van der Waals surface area contributed by atoms with Crippen molar-refractivity contribution in [1.29, 1.82) is 0 Å². The van der Waals surface area contributed by atoms with Gasteiger partial charge in [-0.15, -0.1) is 0 Å². The molecule has 7 nitrogen and oxygen atoms in total. The smallest absolute Gasteiger partial charge is 0.317 e. The average molecular weight is 411 g/mol. The first-order chi connectivity index (χ1) is 14.6. The van der Waals surface area contributed by atoms with Crippen molar-refractivity contribution in [3.8, 4) is 5.88 Å². The summed E-state index contributed by atoms with van der Waals surface area (Å²) in [5, 5.41) is 5.65. The Labute approximate surface area is 177 Å². The predicted octanol–water partition coefficient (Wildman–Crippen LogP) is 3.25. The summed E-state index contributed by atoms with van der Waals surface area (Å²) >= 11 is 0. The Morgan fingerprint density at radius 1 is 1.10 bits per heavy atom. The van der Waals surface area contributed by atoms with Crippen molar-refractivity contribution in [2.45, 2.75) is 51.3 Å². The number of urea groups is 1. The maximum Gasteiger partial charge on any atom is 0.317 e. The van der Waals surface area contributed by atoms with Crippen molar-refractivity contribution in [2.24, 2.45) is 0 Å². The maximum atomic E-state index is 12.1. The van der Waals surface area contributed by atoms with Crippen LogP contribution in [-0.2, 0) is 17.9 Å². The fourth-order valence-electron chi connectivity index (χ4n) is 3.44. The average Bonchev–Trinajstić information content (AvgIpc) is 3.26. The Hall–Kier alpha value is -3.09. The monoisotopic (exact) mass is 410 g/mol. The van der Waals surface area contributed by atoms with E-state index in [1.807, 2.05) is 42.5 Å². The van der Waals surface area contributed by atoms with Crippen molar-refractivity contribution < 1.29 is 14.3 Å². The highest BCUT2D eigenvalue weighted by Gasteiger charge is 2.17. The summed E-state index contributed by atoms with van der Waals surface area (Å²) in [6, 6.07) is 13.3. The first-order valence-electron chi connectivity index (χ1n) is 10.5. The van der Waals surface area contributed by atoms with Crippen LogP contribution >= 0.6 is 0 Å². The second kappa shape index (κ2) is 11.2. The first kappa shape index (κ1) is 21.6. The SMILES string of the molecule is CN(Cc1ccccc1)C(=O)NCCC(=O)NCc1ccnc(OC2CCCC2)c1. The molecule has 1 aliphatic carbocycles. The number of benzene rings is 1. The van der Waals surface area contributed by atoms with Crippen LogP contribution in [0.25, 0.3) is 0 Å².